The van der Waals surface area contributed by atoms with E-state index in [4.69, 9.17) is 4.74 Å². The second kappa shape index (κ2) is 14.1. The van der Waals surface area contributed by atoms with Crippen molar-refractivity contribution < 1.29 is 37.8 Å². The number of amides is 3. The molecule has 1 aromatic heterocycles. The number of hydrogen-bond donors (Lipinski definition) is 4. The first-order valence-corrected chi connectivity index (χ1v) is 16.1. The first-order chi connectivity index (χ1) is 22.3. The van der Waals surface area contributed by atoms with Crippen LogP contribution in [0.25, 0.3) is 10.9 Å². The van der Waals surface area contributed by atoms with Gasteiger partial charge in [-0.2, -0.15) is 0 Å². The number of aromatic carboxylic acids is 1. The van der Waals surface area contributed by atoms with E-state index in [0.717, 1.165) is 5.56 Å². The first-order valence-electron chi connectivity index (χ1n) is 16.1. The third kappa shape index (κ3) is 8.09. The summed E-state index contributed by atoms with van der Waals surface area (Å²) in [5.41, 5.74) is 1.15. The number of nitrogens with one attached hydrogen (secondary N) is 3. The van der Waals surface area contributed by atoms with Crippen LogP contribution in [0.5, 0.6) is 0 Å². The number of carbonyl (C=O) groups excluding carboxylic acids is 3. The molecule has 4 N–H and O–H groups in total. The maximum atomic E-state index is 14.1. The molecule has 2 aromatic carbocycles. The molecule has 3 atom stereocenters. The zero-order chi connectivity index (χ0) is 33.9. The molecule has 1 saturated heterocycles. The van der Waals surface area contributed by atoms with Crippen molar-refractivity contribution in [3.8, 4) is 0 Å². The molecule has 0 unspecified atom stereocenters. The molecule has 1 aliphatic heterocycles. The van der Waals surface area contributed by atoms with Gasteiger partial charge in [0.05, 0.1) is 6.67 Å². The van der Waals surface area contributed by atoms with Gasteiger partial charge < -0.3 is 30.4 Å². The van der Waals surface area contributed by atoms with Gasteiger partial charge in [-0.3, -0.25) is 14.0 Å². The lowest BCUT2D eigenvalue weighted by atomic mass is 9.77. The number of carbonyl (C=O) groups is 4. The molecule has 1 saturated carbocycles. The maximum Gasteiger partial charge on any atom is 0.407 e. The monoisotopic (exact) mass is 652 g/mol. The summed E-state index contributed by atoms with van der Waals surface area (Å²) in [6.45, 7) is 5.04. The number of fused-ring (bicyclic) bond motifs is 1. The lowest BCUT2D eigenvalue weighted by molar-refractivity contribution is -0.141. The molecule has 2 heterocycles. The second-order valence-electron chi connectivity index (χ2n) is 13.5. The SMILES string of the molecule is CC(C)(C)OC(=O)N[C@H](CCF)[C@H]1CC[C@H](C(=O)N2CC[C@H](c3ccc(F)cc3)[C@H]2C(=O)Nc2ccc3[nH]c(C(=O)O)cc3c2)CC1. The van der Waals surface area contributed by atoms with Crippen LogP contribution in [0, 0.1) is 17.7 Å². The number of H-pyrrole nitrogens is 1. The van der Waals surface area contributed by atoms with Crippen LogP contribution in [0.2, 0.25) is 0 Å². The highest BCUT2D eigenvalue weighted by atomic mass is 19.1. The number of aromatic amines is 1. The minimum atomic E-state index is -1.10. The lowest BCUT2D eigenvalue weighted by Crippen LogP contribution is -2.49. The van der Waals surface area contributed by atoms with Gasteiger partial charge in [0.2, 0.25) is 11.8 Å². The van der Waals surface area contributed by atoms with Crippen LogP contribution >= 0.6 is 0 Å². The Labute approximate surface area is 272 Å². The average Bonchev–Trinajstić information content (AvgIpc) is 3.65. The second-order valence-corrected chi connectivity index (χ2v) is 13.5. The summed E-state index contributed by atoms with van der Waals surface area (Å²) in [4.78, 5) is 56.3. The zero-order valence-electron chi connectivity index (χ0n) is 26.9. The summed E-state index contributed by atoms with van der Waals surface area (Å²) in [7, 11) is 0. The third-order valence-corrected chi connectivity index (χ3v) is 9.18. The Balaban J connectivity index is 1.31. The van der Waals surface area contributed by atoms with E-state index in [0.29, 0.717) is 55.2 Å². The van der Waals surface area contributed by atoms with E-state index < -0.39 is 48.1 Å². The predicted octanol–water partition coefficient (Wildman–Crippen LogP) is 6.39. The van der Waals surface area contributed by atoms with Crippen LogP contribution in [0.3, 0.4) is 0 Å². The summed E-state index contributed by atoms with van der Waals surface area (Å²) in [6.07, 6.45) is 2.36. The quantitative estimate of drug-likeness (QED) is 0.211. The molecule has 1 aliphatic carbocycles. The summed E-state index contributed by atoms with van der Waals surface area (Å²) in [5.74, 6) is -2.74. The number of nitrogens with zero attached hydrogens (tertiary/aromatic N) is 1. The molecule has 10 nitrogen and oxygen atoms in total. The highest BCUT2D eigenvalue weighted by molar-refractivity contribution is 6.01. The van der Waals surface area contributed by atoms with E-state index >= 15 is 0 Å². The van der Waals surface area contributed by atoms with Gasteiger partial charge in [0, 0.05) is 41.0 Å². The highest BCUT2D eigenvalue weighted by Gasteiger charge is 2.45. The van der Waals surface area contributed by atoms with E-state index in [-0.39, 0.29) is 35.8 Å². The van der Waals surface area contributed by atoms with Gasteiger partial charge in [0.15, 0.2) is 0 Å². The standard InChI is InChI=1S/C35H42F2N4O6/c1-35(2,3)47-34(46)40-28(14-16-36)21-4-6-22(7-5-21)32(43)41-17-15-26(20-8-10-24(37)11-9-20)30(41)31(42)38-25-12-13-27-23(18-25)19-29(39-27)33(44)45/h8-13,18-19,21-22,26,28,30,39H,4-7,14-17H2,1-3H3,(H,38,42)(H,40,46)(H,44,45)/t21-,22-,26-,28-,30+/m1/s1. The van der Waals surface area contributed by atoms with Crippen LogP contribution in [0.15, 0.2) is 48.5 Å². The predicted molar refractivity (Wildman–Crippen MR) is 172 cm³/mol. The number of alkyl halides is 1. The van der Waals surface area contributed by atoms with E-state index in [2.05, 4.69) is 15.6 Å². The van der Waals surface area contributed by atoms with Gasteiger partial charge in [-0.1, -0.05) is 12.1 Å². The Bertz CT molecular complexity index is 1610. The van der Waals surface area contributed by atoms with Crippen LogP contribution in [-0.2, 0) is 14.3 Å². The topological polar surface area (TPSA) is 141 Å². The molecule has 0 radical (unpaired) electrons. The largest absolute Gasteiger partial charge is 0.477 e. The number of alkyl carbamates (subject to hydrolysis) is 1. The molecule has 2 fully saturated rings. The van der Waals surface area contributed by atoms with Crippen LogP contribution in [0.1, 0.15) is 81.3 Å². The van der Waals surface area contributed by atoms with Crippen molar-refractivity contribution >= 4 is 40.5 Å². The smallest absolute Gasteiger partial charge is 0.407 e. The number of anilines is 1. The Morgan fingerprint density at radius 3 is 2.36 bits per heavy atom. The fourth-order valence-corrected chi connectivity index (χ4v) is 6.97. The van der Waals surface area contributed by atoms with Gasteiger partial charge >= 0.3 is 12.1 Å². The molecule has 12 heteroatoms. The number of hydrogen-bond acceptors (Lipinski definition) is 5. The van der Waals surface area contributed by atoms with Crippen molar-refractivity contribution in [1.29, 1.82) is 0 Å². The molecular weight excluding hydrogens is 610 g/mol. The molecule has 3 aromatic rings. The molecule has 5 rings (SSSR count). The average molecular weight is 653 g/mol. The first kappa shape index (κ1) is 33.9. The van der Waals surface area contributed by atoms with Gasteiger partial charge in [0.1, 0.15) is 23.2 Å². The fraction of sp³-hybridized carbons (Fsp3) is 0.486. The summed E-state index contributed by atoms with van der Waals surface area (Å²) in [5, 5.41) is 15.7. The Kier molecular flexibility index (Phi) is 10.2. The number of likely N-dealkylation sites (tertiary alicyclic amines) is 1. The molecule has 0 bridgehead atoms. The van der Waals surface area contributed by atoms with E-state index in [1.54, 1.807) is 56.0 Å². The van der Waals surface area contributed by atoms with E-state index in [9.17, 15) is 33.1 Å². The van der Waals surface area contributed by atoms with Gasteiger partial charge in [-0.05, 0) is 107 Å². The normalized spacial score (nSPS) is 22.1. The minimum absolute atomic E-state index is 0.0167. The fourth-order valence-electron chi connectivity index (χ4n) is 6.97. The molecule has 252 valence electrons. The van der Waals surface area contributed by atoms with Crippen LogP contribution in [0.4, 0.5) is 19.3 Å². The molecule has 3 amide bonds. The zero-order valence-corrected chi connectivity index (χ0v) is 26.9. The summed E-state index contributed by atoms with van der Waals surface area (Å²) in [6, 6.07) is 11.2. The maximum absolute atomic E-state index is 14.1. The molecule has 2 aliphatic rings. The highest BCUT2D eigenvalue weighted by Crippen LogP contribution is 2.39. The number of aromatic nitrogens is 1. The van der Waals surface area contributed by atoms with Crippen molar-refractivity contribution in [3.05, 3.63) is 65.6 Å². The van der Waals surface area contributed by atoms with Gasteiger partial charge in [-0.25, -0.2) is 14.0 Å². The number of carboxylic acid groups (broad SMARTS) is 1. The van der Waals surface area contributed by atoms with Crippen molar-refractivity contribution in [1.82, 2.24) is 15.2 Å². The van der Waals surface area contributed by atoms with Crippen molar-refractivity contribution in [2.24, 2.45) is 11.8 Å². The number of carboxylic acids is 1. The Morgan fingerprint density at radius 2 is 1.72 bits per heavy atom. The summed E-state index contributed by atoms with van der Waals surface area (Å²) >= 11 is 0. The van der Waals surface area contributed by atoms with Crippen LogP contribution < -0.4 is 10.6 Å². The third-order valence-electron chi connectivity index (χ3n) is 9.18. The van der Waals surface area contributed by atoms with Crippen molar-refractivity contribution in [3.63, 3.8) is 0 Å². The summed E-state index contributed by atoms with van der Waals surface area (Å²) < 4.78 is 32.6. The van der Waals surface area contributed by atoms with Crippen molar-refractivity contribution in [2.45, 2.75) is 82.9 Å². The van der Waals surface area contributed by atoms with Gasteiger partial charge in [0.25, 0.3) is 0 Å². The number of halogens is 2. The van der Waals surface area contributed by atoms with Gasteiger partial charge in [-0.15, -0.1) is 0 Å². The van der Waals surface area contributed by atoms with Crippen molar-refractivity contribution in [2.75, 3.05) is 18.5 Å². The van der Waals surface area contributed by atoms with Crippen LogP contribution in [-0.4, -0.2) is 69.8 Å². The van der Waals surface area contributed by atoms with E-state index in [1.807, 2.05) is 0 Å². The number of benzene rings is 2. The lowest BCUT2D eigenvalue weighted by Gasteiger charge is -2.36. The molecular formula is C35H42F2N4O6. The Morgan fingerprint density at radius 1 is 1.02 bits per heavy atom. The Hall–Kier alpha value is -4.48. The van der Waals surface area contributed by atoms with E-state index in [1.165, 1.54) is 18.2 Å². The minimum Gasteiger partial charge on any atom is -0.477 e. The molecule has 0 spiro atoms. The molecule has 47 heavy (non-hydrogen) atoms. The number of rotatable bonds is 9. The number of ether oxygens (including phenoxy) is 1.